The molecule has 3 heterocycles. The molecule has 1 saturated heterocycles. The van der Waals surface area contributed by atoms with Crippen LogP contribution in [0, 0.1) is 5.92 Å². The first-order valence-corrected chi connectivity index (χ1v) is 9.73. The van der Waals surface area contributed by atoms with Gasteiger partial charge in [0, 0.05) is 58.1 Å². The van der Waals surface area contributed by atoms with Crippen LogP contribution in [0.15, 0.2) is 35.7 Å². The fourth-order valence-electron chi connectivity index (χ4n) is 3.48. The minimum atomic E-state index is 0. The van der Waals surface area contributed by atoms with Crippen LogP contribution in [0.1, 0.15) is 36.3 Å². The van der Waals surface area contributed by atoms with Crippen LogP contribution in [0.3, 0.4) is 0 Å². The lowest BCUT2D eigenvalue weighted by Gasteiger charge is -2.21. The van der Waals surface area contributed by atoms with E-state index in [0.29, 0.717) is 18.3 Å². The molecule has 0 radical (unpaired) electrons. The van der Waals surface area contributed by atoms with E-state index in [9.17, 15) is 0 Å². The molecule has 2 aromatic heterocycles. The molecule has 0 aromatic carbocycles. The predicted octanol–water partition coefficient (Wildman–Crippen LogP) is 2.79. The molecule has 0 bridgehead atoms. The largest absolute Gasteiger partial charge is 0.477 e. The zero-order valence-electron chi connectivity index (χ0n) is 16.5. The topological polar surface area (TPSA) is 67.6 Å². The molecule has 2 fully saturated rings. The summed E-state index contributed by atoms with van der Waals surface area (Å²) in [4.78, 5) is 11.2. The summed E-state index contributed by atoms with van der Waals surface area (Å²) in [7, 11) is 3.81. The van der Waals surface area contributed by atoms with Crippen LogP contribution in [0.4, 0.5) is 0 Å². The van der Waals surface area contributed by atoms with Crippen molar-refractivity contribution in [1.29, 1.82) is 0 Å². The van der Waals surface area contributed by atoms with E-state index in [1.54, 1.807) is 0 Å². The predicted molar refractivity (Wildman–Crippen MR) is 120 cm³/mol. The summed E-state index contributed by atoms with van der Waals surface area (Å²) in [5, 5.41) is 7.75. The highest BCUT2D eigenvalue weighted by Crippen LogP contribution is 2.29. The molecule has 2 aromatic rings. The van der Waals surface area contributed by atoms with Gasteiger partial charge in [0.05, 0.1) is 12.8 Å². The van der Waals surface area contributed by atoms with Gasteiger partial charge in [0.25, 0.3) is 0 Å². The molecule has 1 aliphatic carbocycles. The summed E-state index contributed by atoms with van der Waals surface area (Å²) in [6.45, 7) is 3.48. The molecule has 28 heavy (non-hydrogen) atoms. The summed E-state index contributed by atoms with van der Waals surface area (Å²) in [5.74, 6) is 2.92. The molecule has 0 spiro atoms. The van der Waals surface area contributed by atoms with Crippen LogP contribution in [0.25, 0.3) is 0 Å². The average Bonchev–Trinajstić information content (AvgIpc) is 3.21. The van der Waals surface area contributed by atoms with E-state index in [1.165, 1.54) is 18.4 Å². The average molecular weight is 496 g/mol. The number of hydrogen-bond acceptors (Lipinski definition) is 4. The second-order valence-electron chi connectivity index (χ2n) is 7.54. The SMILES string of the molecule is CN=C(NCc1ccc(OCC2CC2)nc1)N1CCC(c2cnn(C)c2)C1.I. The van der Waals surface area contributed by atoms with E-state index in [1.807, 2.05) is 37.2 Å². The zero-order chi connectivity index (χ0) is 18.6. The molecule has 1 N–H and O–H groups in total. The van der Waals surface area contributed by atoms with E-state index in [2.05, 4.69) is 37.6 Å². The van der Waals surface area contributed by atoms with Gasteiger partial charge in [-0.1, -0.05) is 6.07 Å². The fourth-order valence-corrected chi connectivity index (χ4v) is 3.48. The molecule has 152 valence electrons. The number of nitrogens with zero attached hydrogens (tertiary/aromatic N) is 5. The number of likely N-dealkylation sites (tertiary alicyclic amines) is 1. The van der Waals surface area contributed by atoms with Crippen LogP contribution in [0.5, 0.6) is 5.88 Å². The number of nitrogens with one attached hydrogen (secondary N) is 1. The molecule has 0 amide bonds. The summed E-state index contributed by atoms with van der Waals surface area (Å²) in [5.41, 5.74) is 2.43. The fraction of sp³-hybridized carbons (Fsp3) is 0.550. The van der Waals surface area contributed by atoms with Crippen molar-refractivity contribution in [2.45, 2.75) is 31.7 Å². The maximum Gasteiger partial charge on any atom is 0.213 e. The number of aliphatic imine (C=N–C) groups is 1. The summed E-state index contributed by atoms with van der Waals surface area (Å²) < 4.78 is 7.57. The van der Waals surface area contributed by atoms with Crippen molar-refractivity contribution in [3.63, 3.8) is 0 Å². The van der Waals surface area contributed by atoms with E-state index < -0.39 is 0 Å². The van der Waals surface area contributed by atoms with Gasteiger partial charge in [0.2, 0.25) is 5.88 Å². The molecule has 1 saturated carbocycles. The molecule has 1 atom stereocenters. The Balaban J connectivity index is 0.00000225. The summed E-state index contributed by atoms with van der Waals surface area (Å²) in [6.07, 6.45) is 9.68. The van der Waals surface area contributed by atoms with Crippen molar-refractivity contribution < 1.29 is 4.74 Å². The Morgan fingerprint density at radius 2 is 2.14 bits per heavy atom. The normalized spacial score (nSPS) is 19.4. The van der Waals surface area contributed by atoms with Crippen LogP contribution < -0.4 is 10.1 Å². The van der Waals surface area contributed by atoms with Gasteiger partial charge in [0.1, 0.15) is 0 Å². The highest BCUT2D eigenvalue weighted by Gasteiger charge is 2.27. The third-order valence-electron chi connectivity index (χ3n) is 5.31. The van der Waals surface area contributed by atoms with Crippen molar-refractivity contribution in [3.05, 3.63) is 41.9 Å². The quantitative estimate of drug-likeness (QED) is 0.379. The zero-order valence-corrected chi connectivity index (χ0v) is 18.9. The van der Waals surface area contributed by atoms with E-state index in [4.69, 9.17) is 4.74 Å². The third-order valence-corrected chi connectivity index (χ3v) is 5.31. The number of rotatable bonds is 6. The van der Waals surface area contributed by atoms with Gasteiger partial charge in [-0.2, -0.15) is 5.10 Å². The summed E-state index contributed by atoms with van der Waals surface area (Å²) >= 11 is 0. The number of guanidine groups is 1. The van der Waals surface area contributed by atoms with E-state index in [-0.39, 0.29) is 24.0 Å². The van der Waals surface area contributed by atoms with Gasteiger partial charge < -0.3 is 15.0 Å². The molecule has 4 rings (SSSR count). The highest BCUT2D eigenvalue weighted by molar-refractivity contribution is 14.0. The minimum Gasteiger partial charge on any atom is -0.477 e. The number of ether oxygens (including phenoxy) is 1. The Bertz CT molecular complexity index is 786. The number of halogens is 1. The van der Waals surface area contributed by atoms with Crippen molar-refractivity contribution >= 4 is 29.9 Å². The standard InChI is InChI=1S/C20H28N6O.HI/c1-21-20(26-8-7-17(13-26)18-11-24-25(2)12-18)23-10-16-5-6-19(22-9-16)27-14-15-3-4-15;/h5-6,9,11-12,15,17H,3-4,7-8,10,13-14H2,1-2H3,(H,21,23);1H. The van der Waals surface area contributed by atoms with Gasteiger partial charge in [-0.05, 0) is 36.3 Å². The second kappa shape index (κ2) is 9.58. The van der Waals surface area contributed by atoms with Gasteiger partial charge >= 0.3 is 0 Å². The van der Waals surface area contributed by atoms with Gasteiger partial charge in [-0.25, -0.2) is 4.98 Å². The van der Waals surface area contributed by atoms with Crippen molar-refractivity contribution in [2.24, 2.45) is 18.0 Å². The molecular formula is C20H29IN6O. The molecule has 7 nitrogen and oxygen atoms in total. The lowest BCUT2D eigenvalue weighted by atomic mass is 10.0. The Hall–Kier alpha value is -1.84. The second-order valence-corrected chi connectivity index (χ2v) is 7.54. The first-order valence-electron chi connectivity index (χ1n) is 9.73. The first kappa shape index (κ1) is 20.9. The maximum atomic E-state index is 5.70. The monoisotopic (exact) mass is 496 g/mol. The number of hydrogen-bond donors (Lipinski definition) is 1. The molecular weight excluding hydrogens is 467 g/mol. The third kappa shape index (κ3) is 5.36. The Morgan fingerprint density at radius 3 is 2.79 bits per heavy atom. The Kier molecular flexibility index (Phi) is 7.14. The Labute approximate surface area is 183 Å². The first-order chi connectivity index (χ1) is 13.2. The molecule has 1 aliphatic heterocycles. The maximum absolute atomic E-state index is 5.70. The smallest absolute Gasteiger partial charge is 0.213 e. The molecule has 8 heteroatoms. The highest BCUT2D eigenvalue weighted by atomic mass is 127. The van der Waals surface area contributed by atoms with Gasteiger partial charge in [0.15, 0.2) is 5.96 Å². The minimum absolute atomic E-state index is 0. The van der Waals surface area contributed by atoms with Gasteiger partial charge in [-0.3, -0.25) is 9.67 Å². The van der Waals surface area contributed by atoms with Crippen molar-refractivity contribution in [3.8, 4) is 5.88 Å². The summed E-state index contributed by atoms with van der Waals surface area (Å²) in [6, 6.07) is 4.02. The van der Waals surface area contributed by atoms with Crippen LogP contribution in [0.2, 0.25) is 0 Å². The number of aromatic nitrogens is 3. The van der Waals surface area contributed by atoms with E-state index >= 15 is 0 Å². The van der Waals surface area contributed by atoms with Crippen molar-refractivity contribution in [2.75, 3.05) is 26.7 Å². The number of pyridine rings is 1. The van der Waals surface area contributed by atoms with E-state index in [0.717, 1.165) is 43.6 Å². The molecule has 2 aliphatic rings. The van der Waals surface area contributed by atoms with Crippen LogP contribution in [-0.2, 0) is 13.6 Å². The lowest BCUT2D eigenvalue weighted by Crippen LogP contribution is -2.39. The molecule has 1 unspecified atom stereocenters. The van der Waals surface area contributed by atoms with Crippen molar-refractivity contribution in [1.82, 2.24) is 25.0 Å². The van der Waals surface area contributed by atoms with Crippen LogP contribution >= 0.6 is 24.0 Å². The van der Waals surface area contributed by atoms with Crippen LogP contribution in [-0.4, -0.2) is 52.4 Å². The number of aryl methyl sites for hydroxylation is 1. The Morgan fingerprint density at radius 1 is 1.29 bits per heavy atom. The van der Waals surface area contributed by atoms with Gasteiger partial charge in [-0.15, -0.1) is 24.0 Å². The lowest BCUT2D eigenvalue weighted by molar-refractivity contribution is 0.288.